The Bertz CT molecular complexity index is 445. The first-order chi connectivity index (χ1) is 8.13. The van der Waals surface area contributed by atoms with Gasteiger partial charge in [-0.2, -0.15) is 0 Å². The van der Waals surface area contributed by atoms with Crippen LogP contribution in [0.1, 0.15) is 24.4 Å². The number of carboxylic acid groups (broad SMARTS) is 1. The Morgan fingerprint density at radius 3 is 2.71 bits per heavy atom. The quantitative estimate of drug-likeness (QED) is 0.848. The zero-order valence-electron chi connectivity index (χ0n) is 9.04. The second-order valence-corrected chi connectivity index (χ2v) is 5.00. The first-order valence-corrected chi connectivity index (χ1v) is 6.14. The van der Waals surface area contributed by atoms with Gasteiger partial charge in [0.2, 0.25) is 6.41 Å². The monoisotopic (exact) mass is 297 g/mol. The smallest absolute Gasteiger partial charge is 0.331 e. The van der Waals surface area contributed by atoms with Crippen LogP contribution in [0, 0.1) is 0 Å². The maximum Gasteiger partial charge on any atom is 0.331 e. The molecule has 0 spiro atoms. The third-order valence-electron chi connectivity index (χ3n) is 2.79. The predicted octanol–water partition coefficient (Wildman–Crippen LogP) is 2.20. The molecule has 4 nitrogen and oxygen atoms in total. The molecule has 0 heterocycles. The number of carbonyl (C=O) groups excluding carboxylic acids is 1. The van der Waals surface area contributed by atoms with Crippen molar-refractivity contribution in [2.24, 2.45) is 0 Å². The summed E-state index contributed by atoms with van der Waals surface area (Å²) in [6.07, 6.45) is 2.41. The molecule has 0 saturated heterocycles. The van der Waals surface area contributed by atoms with E-state index in [9.17, 15) is 14.7 Å². The van der Waals surface area contributed by atoms with E-state index in [1.165, 1.54) is 4.90 Å². The van der Waals surface area contributed by atoms with Gasteiger partial charge in [-0.05, 0) is 30.5 Å². The molecule has 5 heteroatoms. The Hall–Kier alpha value is -1.36. The lowest BCUT2D eigenvalue weighted by molar-refractivity contribution is -0.147. The van der Waals surface area contributed by atoms with Gasteiger partial charge >= 0.3 is 5.97 Å². The van der Waals surface area contributed by atoms with E-state index in [4.69, 9.17) is 0 Å². The zero-order valence-corrected chi connectivity index (χ0v) is 10.6. The molecular weight excluding hydrogens is 286 g/mol. The number of hydrogen-bond acceptors (Lipinski definition) is 2. The van der Waals surface area contributed by atoms with Gasteiger partial charge in [0, 0.05) is 10.5 Å². The van der Waals surface area contributed by atoms with Crippen LogP contribution in [0.3, 0.4) is 0 Å². The van der Waals surface area contributed by atoms with Crippen LogP contribution in [0.4, 0.5) is 0 Å². The first-order valence-electron chi connectivity index (χ1n) is 5.34. The molecule has 0 bridgehead atoms. The van der Waals surface area contributed by atoms with Crippen LogP contribution in [-0.2, 0) is 9.59 Å². The Balaban J connectivity index is 2.33. The topological polar surface area (TPSA) is 57.6 Å². The molecule has 1 aromatic carbocycles. The summed E-state index contributed by atoms with van der Waals surface area (Å²) >= 11 is 3.30. The number of carbonyl (C=O) groups is 2. The van der Waals surface area contributed by atoms with Gasteiger partial charge < -0.3 is 10.0 Å². The number of carboxylic acids is 1. The Morgan fingerprint density at radius 1 is 1.53 bits per heavy atom. The van der Waals surface area contributed by atoms with Gasteiger partial charge in [0.1, 0.15) is 0 Å². The van der Waals surface area contributed by atoms with Crippen LogP contribution in [0.25, 0.3) is 0 Å². The van der Waals surface area contributed by atoms with Crippen molar-refractivity contribution in [1.29, 1.82) is 0 Å². The maximum atomic E-state index is 11.3. The molecule has 0 radical (unpaired) electrons. The SMILES string of the molecule is O=CN(C1CC1)C(C(=O)O)c1cccc(Br)c1. The van der Waals surface area contributed by atoms with E-state index in [1.807, 2.05) is 6.07 Å². The van der Waals surface area contributed by atoms with E-state index in [-0.39, 0.29) is 6.04 Å². The van der Waals surface area contributed by atoms with Crippen molar-refractivity contribution in [2.75, 3.05) is 0 Å². The van der Waals surface area contributed by atoms with Crippen molar-refractivity contribution < 1.29 is 14.7 Å². The van der Waals surface area contributed by atoms with Crippen LogP contribution >= 0.6 is 15.9 Å². The van der Waals surface area contributed by atoms with E-state index in [0.717, 1.165) is 17.3 Å². The number of benzene rings is 1. The number of rotatable bonds is 5. The van der Waals surface area contributed by atoms with E-state index in [1.54, 1.807) is 18.2 Å². The molecule has 1 aliphatic rings. The van der Waals surface area contributed by atoms with Gasteiger partial charge in [0.25, 0.3) is 0 Å². The van der Waals surface area contributed by atoms with Crippen LogP contribution in [-0.4, -0.2) is 28.4 Å². The van der Waals surface area contributed by atoms with Gasteiger partial charge in [-0.1, -0.05) is 28.1 Å². The molecule has 17 heavy (non-hydrogen) atoms. The van der Waals surface area contributed by atoms with Crippen LogP contribution in [0.5, 0.6) is 0 Å². The first kappa shape index (κ1) is 12.1. The third kappa shape index (κ3) is 2.66. The maximum absolute atomic E-state index is 11.3. The molecule has 0 aromatic heterocycles. The summed E-state index contributed by atoms with van der Waals surface area (Å²) in [4.78, 5) is 23.8. The molecule has 1 N–H and O–H groups in total. The lowest BCUT2D eigenvalue weighted by Crippen LogP contribution is -2.34. The molecule has 0 aliphatic heterocycles. The number of amides is 1. The van der Waals surface area contributed by atoms with E-state index in [0.29, 0.717) is 12.0 Å². The number of nitrogens with zero attached hydrogens (tertiary/aromatic N) is 1. The largest absolute Gasteiger partial charge is 0.479 e. The average Bonchev–Trinajstić information content (AvgIpc) is 3.08. The minimum absolute atomic E-state index is 0.0765. The Kier molecular flexibility index (Phi) is 3.47. The molecule has 90 valence electrons. The highest BCUT2D eigenvalue weighted by Gasteiger charge is 2.37. The molecule has 1 saturated carbocycles. The fourth-order valence-corrected chi connectivity index (χ4v) is 2.27. The average molecular weight is 298 g/mol. The number of halogens is 1. The highest BCUT2D eigenvalue weighted by atomic mass is 79.9. The summed E-state index contributed by atoms with van der Waals surface area (Å²) in [6.45, 7) is 0. The van der Waals surface area contributed by atoms with Gasteiger partial charge in [0.15, 0.2) is 6.04 Å². The predicted molar refractivity (Wildman–Crippen MR) is 65.4 cm³/mol. The van der Waals surface area contributed by atoms with Crippen molar-refractivity contribution in [2.45, 2.75) is 24.9 Å². The van der Waals surface area contributed by atoms with Gasteiger partial charge in [-0.25, -0.2) is 4.79 Å². The summed E-state index contributed by atoms with van der Waals surface area (Å²) in [6, 6.07) is 6.24. The zero-order chi connectivity index (χ0) is 12.4. The van der Waals surface area contributed by atoms with Crippen molar-refractivity contribution in [1.82, 2.24) is 4.90 Å². The summed E-state index contributed by atoms with van der Waals surface area (Å²) in [5.74, 6) is -0.998. The second-order valence-electron chi connectivity index (χ2n) is 4.08. The Morgan fingerprint density at radius 2 is 2.24 bits per heavy atom. The second kappa shape index (κ2) is 4.87. The minimum Gasteiger partial charge on any atom is -0.479 e. The molecular formula is C12H12BrNO3. The molecule has 2 rings (SSSR count). The third-order valence-corrected chi connectivity index (χ3v) is 3.28. The van der Waals surface area contributed by atoms with E-state index >= 15 is 0 Å². The minimum atomic E-state index is -0.998. The van der Waals surface area contributed by atoms with Crippen molar-refractivity contribution >= 4 is 28.3 Å². The molecule has 1 amide bonds. The number of aliphatic carboxylic acids is 1. The summed E-state index contributed by atoms with van der Waals surface area (Å²) in [5.41, 5.74) is 0.617. The molecule has 1 unspecified atom stereocenters. The summed E-state index contributed by atoms with van der Waals surface area (Å²) in [7, 11) is 0. The summed E-state index contributed by atoms with van der Waals surface area (Å²) < 4.78 is 0.808. The number of hydrogen-bond donors (Lipinski definition) is 1. The van der Waals surface area contributed by atoms with Crippen molar-refractivity contribution in [3.8, 4) is 0 Å². The lowest BCUT2D eigenvalue weighted by Gasteiger charge is -2.25. The lowest BCUT2D eigenvalue weighted by atomic mass is 10.1. The van der Waals surface area contributed by atoms with Crippen LogP contribution < -0.4 is 0 Å². The van der Waals surface area contributed by atoms with Crippen LogP contribution in [0.2, 0.25) is 0 Å². The standard InChI is InChI=1S/C12H12BrNO3/c13-9-3-1-2-8(6-9)11(12(16)17)14(7-15)10-4-5-10/h1-3,6-7,10-11H,4-5H2,(H,16,17). The normalized spacial score (nSPS) is 16.3. The fraction of sp³-hybridized carbons (Fsp3) is 0.333. The van der Waals surface area contributed by atoms with Gasteiger partial charge in [-0.3, -0.25) is 4.79 Å². The van der Waals surface area contributed by atoms with Crippen LogP contribution in [0.15, 0.2) is 28.7 Å². The highest BCUT2D eigenvalue weighted by molar-refractivity contribution is 9.10. The molecule has 1 atom stereocenters. The van der Waals surface area contributed by atoms with Crippen molar-refractivity contribution in [3.63, 3.8) is 0 Å². The molecule has 1 fully saturated rings. The van der Waals surface area contributed by atoms with Crippen molar-refractivity contribution in [3.05, 3.63) is 34.3 Å². The van der Waals surface area contributed by atoms with Gasteiger partial charge in [0.05, 0.1) is 0 Å². The highest BCUT2D eigenvalue weighted by Crippen LogP contribution is 2.33. The molecule has 1 aliphatic carbocycles. The fourth-order valence-electron chi connectivity index (χ4n) is 1.85. The van der Waals surface area contributed by atoms with Gasteiger partial charge in [-0.15, -0.1) is 0 Å². The Labute approximate surface area is 107 Å². The summed E-state index contributed by atoms with van der Waals surface area (Å²) in [5, 5.41) is 9.28. The van der Waals surface area contributed by atoms with E-state index < -0.39 is 12.0 Å². The molecule has 1 aromatic rings. The van der Waals surface area contributed by atoms with E-state index in [2.05, 4.69) is 15.9 Å².